The minimum atomic E-state index is 0.748. The van der Waals surface area contributed by atoms with E-state index in [1.807, 2.05) is 4.57 Å². The summed E-state index contributed by atoms with van der Waals surface area (Å²) in [5.41, 5.74) is 0. The summed E-state index contributed by atoms with van der Waals surface area (Å²) in [5, 5.41) is 13.4. The van der Waals surface area contributed by atoms with E-state index in [9.17, 15) is 0 Å². The van der Waals surface area contributed by atoms with Crippen molar-refractivity contribution < 1.29 is 0 Å². The Morgan fingerprint density at radius 3 is 3.06 bits per heavy atom. The first-order chi connectivity index (χ1) is 7.81. The normalized spacial score (nSPS) is 10.9. The van der Waals surface area contributed by atoms with Crippen LogP contribution in [0.2, 0.25) is 0 Å². The van der Waals surface area contributed by atoms with Crippen molar-refractivity contribution in [1.29, 1.82) is 0 Å². The molecule has 86 valence electrons. The summed E-state index contributed by atoms with van der Waals surface area (Å²) in [4.78, 5) is 1.31. The highest BCUT2D eigenvalue weighted by Crippen LogP contribution is 2.22. The Bertz CT molecular complexity index is 451. The molecule has 2 rings (SSSR count). The van der Waals surface area contributed by atoms with Crippen LogP contribution in [0, 0.1) is 0 Å². The summed E-state index contributed by atoms with van der Waals surface area (Å²) < 4.78 is 3.21. The van der Waals surface area contributed by atoms with Gasteiger partial charge in [-0.3, -0.25) is 0 Å². The Labute approximate surface area is 107 Å². The van der Waals surface area contributed by atoms with Gasteiger partial charge in [-0.05, 0) is 34.3 Å². The van der Waals surface area contributed by atoms with Crippen LogP contribution in [0.1, 0.15) is 17.6 Å². The van der Waals surface area contributed by atoms with Crippen molar-refractivity contribution in [2.24, 2.45) is 0 Å². The van der Waals surface area contributed by atoms with Gasteiger partial charge in [0.1, 0.15) is 12.2 Å². The van der Waals surface area contributed by atoms with Crippen LogP contribution in [0.15, 0.2) is 22.2 Å². The summed E-state index contributed by atoms with van der Waals surface area (Å²) in [6.07, 6.45) is 1.76. The monoisotopic (exact) mass is 300 g/mol. The number of aromatic nitrogens is 3. The van der Waals surface area contributed by atoms with Gasteiger partial charge in [0.2, 0.25) is 0 Å². The van der Waals surface area contributed by atoms with Gasteiger partial charge in [-0.2, -0.15) is 0 Å². The zero-order chi connectivity index (χ0) is 11.4. The maximum absolute atomic E-state index is 4.07. The number of thiophene rings is 1. The van der Waals surface area contributed by atoms with Gasteiger partial charge >= 0.3 is 0 Å². The maximum atomic E-state index is 4.07. The first kappa shape index (κ1) is 11.8. The average Bonchev–Trinajstić information content (AvgIpc) is 2.88. The van der Waals surface area contributed by atoms with Crippen LogP contribution in [0.25, 0.3) is 0 Å². The molecule has 16 heavy (non-hydrogen) atoms. The van der Waals surface area contributed by atoms with Crippen LogP contribution >= 0.6 is 27.3 Å². The molecule has 0 saturated carbocycles. The number of halogens is 1. The second-order valence-electron chi connectivity index (χ2n) is 3.33. The van der Waals surface area contributed by atoms with Gasteiger partial charge in [-0.1, -0.05) is 0 Å². The third kappa shape index (κ3) is 2.69. The van der Waals surface area contributed by atoms with E-state index in [-0.39, 0.29) is 0 Å². The zero-order valence-electron chi connectivity index (χ0n) is 8.98. The summed E-state index contributed by atoms with van der Waals surface area (Å²) in [5.74, 6) is 0.982. The standard InChI is InChI=1S/C10H13BrN4S/c1-2-15-7-13-14-10(15)6-12-5-9-8(11)3-4-16-9/h3-4,7,12H,2,5-6H2,1H3. The molecule has 4 nitrogen and oxygen atoms in total. The molecular weight excluding hydrogens is 288 g/mol. The zero-order valence-corrected chi connectivity index (χ0v) is 11.4. The smallest absolute Gasteiger partial charge is 0.146 e. The molecular formula is C10H13BrN4S. The third-order valence-electron chi connectivity index (χ3n) is 2.30. The molecule has 2 aromatic rings. The lowest BCUT2D eigenvalue weighted by atomic mass is 10.4. The molecule has 0 aliphatic heterocycles. The van der Waals surface area contributed by atoms with Crippen molar-refractivity contribution in [3.8, 4) is 0 Å². The van der Waals surface area contributed by atoms with Crippen molar-refractivity contribution in [1.82, 2.24) is 20.1 Å². The van der Waals surface area contributed by atoms with Gasteiger partial charge in [0.05, 0.1) is 6.54 Å². The largest absolute Gasteiger partial charge is 0.317 e. The molecule has 2 heterocycles. The Hall–Kier alpha value is -0.720. The molecule has 0 fully saturated rings. The fourth-order valence-corrected chi connectivity index (χ4v) is 2.88. The quantitative estimate of drug-likeness (QED) is 0.922. The van der Waals surface area contributed by atoms with Gasteiger partial charge in [0.15, 0.2) is 0 Å². The van der Waals surface area contributed by atoms with E-state index < -0.39 is 0 Å². The van der Waals surface area contributed by atoms with Crippen LogP contribution in [0.5, 0.6) is 0 Å². The highest BCUT2D eigenvalue weighted by Gasteiger charge is 2.04. The lowest BCUT2D eigenvalue weighted by Crippen LogP contribution is -2.16. The summed E-state index contributed by atoms with van der Waals surface area (Å²) in [6.45, 7) is 4.60. The highest BCUT2D eigenvalue weighted by molar-refractivity contribution is 9.10. The summed E-state index contributed by atoms with van der Waals surface area (Å²) in [6, 6.07) is 2.07. The molecule has 0 bridgehead atoms. The molecule has 0 amide bonds. The minimum Gasteiger partial charge on any atom is -0.317 e. The number of hydrogen-bond acceptors (Lipinski definition) is 4. The number of aryl methyl sites for hydroxylation is 1. The molecule has 0 spiro atoms. The molecule has 0 aliphatic carbocycles. The van der Waals surface area contributed by atoms with E-state index >= 15 is 0 Å². The van der Waals surface area contributed by atoms with Crippen molar-refractivity contribution in [2.75, 3.05) is 0 Å². The number of nitrogens with one attached hydrogen (secondary N) is 1. The Morgan fingerprint density at radius 2 is 2.38 bits per heavy atom. The Kier molecular flexibility index (Phi) is 4.09. The number of nitrogens with zero attached hydrogens (tertiary/aromatic N) is 3. The van der Waals surface area contributed by atoms with Crippen molar-refractivity contribution in [3.63, 3.8) is 0 Å². The van der Waals surface area contributed by atoms with Crippen LogP contribution < -0.4 is 5.32 Å². The Morgan fingerprint density at radius 1 is 1.50 bits per heavy atom. The first-order valence-electron chi connectivity index (χ1n) is 5.10. The average molecular weight is 301 g/mol. The lowest BCUT2D eigenvalue weighted by molar-refractivity contribution is 0.615. The lowest BCUT2D eigenvalue weighted by Gasteiger charge is -2.04. The highest BCUT2D eigenvalue weighted by atomic mass is 79.9. The molecule has 0 atom stereocenters. The maximum Gasteiger partial charge on any atom is 0.146 e. The third-order valence-corrected chi connectivity index (χ3v) is 4.22. The SMILES string of the molecule is CCn1cnnc1CNCc1sccc1Br. The summed E-state index contributed by atoms with van der Waals surface area (Å²) >= 11 is 5.26. The van der Waals surface area contributed by atoms with Crippen molar-refractivity contribution in [2.45, 2.75) is 26.6 Å². The van der Waals surface area contributed by atoms with E-state index in [0.29, 0.717) is 0 Å². The first-order valence-corrected chi connectivity index (χ1v) is 6.77. The second-order valence-corrected chi connectivity index (χ2v) is 5.18. The van der Waals surface area contributed by atoms with Crippen molar-refractivity contribution in [3.05, 3.63) is 32.9 Å². The van der Waals surface area contributed by atoms with E-state index in [0.717, 1.165) is 25.5 Å². The minimum absolute atomic E-state index is 0.748. The van der Waals surface area contributed by atoms with Crippen LogP contribution in [0.4, 0.5) is 0 Å². The van der Waals surface area contributed by atoms with Crippen molar-refractivity contribution >= 4 is 27.3 Å². The van der Waals surface area contributed by atoms with Gasteiger partial charge < -0.3 is 9.88 Å². The second kappa shape index (κ2) is 5.56. The van der Waals surface area contributed by atoms with E-state index in [1.165, 1.54) is 9.35 Å². The van der Waals surface area contributed by atoms with Gasteiger partial charge in [0, 0.05) is 22.4 Å². The predicted octanol–water partition coefficient (Wildman–Crippen LogP) is 2.41. The van der Waals surface area contributed by atoms with E-state index in [1.54, 1.807) is 17.7 Å². The topological polar surface area (TPSA) is 42.7 Å². The van der Waals surface area contributed by atoms with E-state index in [4.69, 9.17) is 0 Å². The molecule has 1 N–H and O–H groups in total. The summed E-state index contributed by atoms with van der Waals surface area (Å²) in [7, 11) is 0. The molecule has 0 aliphatic rings. The number of hydrogen-bond donors (Lipinski definition) is 1. The van der Waals surface area contributed by atoms with Gasteiger partial charge in [-0.25, -0.2) is 0 Å². The fourth-order valence-electron chi connectivity index (χ4n) is 1.42. The number of rotatable bonds is 5. The van der Waals surface area contributed by atoms with Crippen LogP contribution in [-0.4, -0.2) is 14.8 Å². The molecule has 2 aromatic heterocycles. The molecule has 6 heteroatoms. The molecule has 0 saturated heterocycles. The fraction of sp³-hybridized carbons (Fsp3) is 0.400. The van der Waals surface area contributed by atoms with Gasteiger partial charge in [0.25, 0.3) is 0 Å². The molecule has 0 radical (unpaired) electrons. The Balaban J connectivity index is 1.87. The predicted molar refractivity (Wildman–Crippen MR) is 68.3 cm³/mol. The molecule has 0 aromatic carbocycles. The molecule has 0 unspecified atom stereocenters. The van der Waals surface area contributed by atoms with Crippen LogP contribution in [-0.2, 0) is 19.6 Å². The van der Waals surface area contributed by atoms with E-state index in [2.05, 4.69) is 49.8 Å². The van der Waals surface area contributed by atoms with Crippen LogP contribution in [0.3, 0.4) is 0 Å². The van der Waals surface area contributed by atoms with Gasteiger partial charge in [-0.15, -0.1) is 21.5 Å².